The van der Waals surface area contributed by atoms with Crippen molar-refractivity contribution >= 4 is 22.8 Å². The molecule has 0 spiro atoms. The van der Waals surface area contributed by atoms with Gasteiger partial charge in [0.2, 0.25) is 0 Å². The summed E-state index contributed by atoms with van der Waals surface area (Å²) in [5.41, 5.74) is 0.890. The largest absolute Gasteiger partial charge is 0.481 e. The van der Waals surface area contributed by atoms with Crippen LogP contribution in [0.5, 0.6) is 0 Å². The number of carbonyl (C=O) groups excluding carboxylic acids is 1. The number of hydrogen-bond donors (Lipinski definition) is 3. The topological polar surface area (TPSA) is 94.8 Å². The molecule has 3 N–H and O–H groups in total. The third kappa shape index (κ3) is 5.32. The van der Waals surface area contributed by atoms with Gasteiger partial charge in [-0.1, -0.05) is 36.0 Å². The first-order valence-corrected chi connectivity index (χ1v) is 7.19. The van der Waals surface area contributed by atoms with E-state index in [1.54, 1.807) is 24.3 Å². The average molecular weight is 298 g/mol. The molecule has 0 aliphatic rings. The van der Waals surface area contributed by atoms with E-state index in [9.17, 15) is 19.8 Å². The normalized spacial score (nSPS) is 13.8. The first-order valence-electron chi connectivity index (χ1n) is 6.21. The summed E-state index contributed by atoms with van der Waals surface area (Å²) < 4.78 is 0. The molecule has 0 aliphatic heterocycles. The zero-order valence-electron chi connectivity index (χ0n) is 11.2. The third-order valence-electron chi connectivity index (χ3n) is 2.80. The standard InChI is InChI=1S/C14H18O5S/c1-9(15)20-7-6-12(16)14(19)11-5-3-2-4-10(11)8-13(17)18/h2-5,12,14,16,19H,6-8H2,1H3,(H,17,18). The maximum absolute atomic E-state index is 10.8. The van der Waals surface area contributed by atoms with Crippen LogP contribution in [0.15, 0.2) is 24.3 Å². The number of aliphatic hydroxyl groups is 2. The number of thioether (sulfide) groups is 1. The van der Waals surface area contributed by atoms with Crippen molar-refractivity contribution in [1.82, 2.24) is 0 Å². The van der Waals surface area contributed by atoms with Crippen molar-refractivity contribution in [2.75, 3.05) is 5.75 Å². The van der Waals surface area contributed by atoms with Crippen LogP contribution in [0, 0.1) is 0 Å². The summed E-state index contributed by atoms with van der Waals surface area (Å²) in [6.45, 7) is 1.44. The summed E-state index contributed by atoms with van der Waals surface area (Å²) in [5, 5.41) is 28.8. The van der Waals surface area contributed by atoms with Crippen LogP contribution >= 0.6 is 11.8 Å². The number of benzene rings is 1. The predicted octanol–water partition coefficient (Wildman–Crippen LogP) is 1.38. The van der Waals surface area contributed by atoms with Crippen LogP contribution in [0.4, 0.5) is 0 Å². The number of carboxylic acid groups (broad SMARTS) is 1. The molecule has 0 aromatic heterocycles. The lowest BCUT2D eigenvalue weighted by Crippen LogP contribution is -2.21. The summed E-state index contributed by atoms with van der Waals surface area (Å²) in [6, 6.07) is 6.58. The molecule has 2 unspecified atom stereocenters. The molecule has 0 aliphatic carbocycles. The van der Waals surface area contributed by atoms with E-state index in [-0.39, 0.29) is 18.0 Å². The van der Waals surface area contributed by atoms with Crippen LogP contribution in [0.3, 0.4) is 0 Å². The second-order valence-corrected chi connectivity index (χ2v) is 5.68. The second kappa shape index (κ2) is 8.04. The Bertz CT molecular complexity index is 474. The molecule has 1 aromatic carbocycles. The summed E-state index contributed by atoms with van der Waals surface area (Å²) in [7, 11) is 0. The highest BCUT2D eigenvalue weighted by atomic mass is 32.2. The Hall–Kier alpha value is -1.37. The van der Waals surface area contributed by atoms with E-state index in [2.05, 4.69) is 0 Å². The zero-order chi connectivity index (χ0) is 15.1. The van der Waals surface area contributed by atoms with Gasteiger partial charge in [-0.25, -0.2) is 0 Å². The number of aliphatic carboxylic acids is 1. The van der Waals surface area contributed by atoms with Gasteiger partial charge in [0, 0.05) is 12.7 Å². The third-order valence-corrected chi connectivity index (χ3v) is 3.65. The minimum atomic E-state index is -1.15. The highest BCUT2D eigenvalue weighted by Gasteiger charge is 2.21. The van der Waals surface area contributed by atoms with Gasteiger partial charge in [-0.15, -0.1) is 0 Å². The Morgan fingerprint density at radius 2 is 1.90 bits per heavy atom. The first-order chi connectivity index (χ1) is 9.41. The zero-order valence-corrected chi connectivity index (χ0v) is 12.0. The van der Waals surface area contributed by atoms with Crippen LogP contribution in [0.1, 0.15) is 30.6 Å². The molecule has 6 heteroatoms. The molecule has 110 valence electrons. The molecule has 0 bridgehead atoms. The van der Waals surface area contributed by atoms with Crippen LogP contribution in [0.2, 0.25) is 0 Å². The van der Waals surface area contributed by atoms with Gasteiger partial charge >= 0.3 is 5.97 Å². The van der Waals surface area contributed by atoms with E-state index < -0.39 is 18.2 Å². The van der Waals surface area contributed by atoms with E-state index in [4.69, 9.17) is 5.11 Å². The predicted molar refractivity (Wildman–Crippen MR) is 76.5 cm³/mol. The SMILES string of the molecule is CC(=O)SCCC(O)C(O)c1ccccc1CC(=O)O. The summed E-state index contributed by atoms with van der Waals surface area (Å²) in [4.78, 5) is 21.6. The monoisotopic (exact) mass is 298 g/mol. The lowest BCUT2D eigenvalue weighted by molar-refractivity contribution is -0.136. The summed E-state index contributed by atoms with van der Waals surface area (Å²) in [5.74, 6) is -0.583. The van der Waals surface area contributed by atoms with Crippen LogP contribution < -0.4 is 0 Å². The Kier molecular flexibility index (Phi) is 6.70. The number of carboxylic acids is 1. The Morgan fingerprint density at radius 1 is 1.25 bits per heavy atom. The molecule has 1 rings (SSSR count). The number of carbonyl (C=O) groups is 2. The van der Waals surface area contributed by atoms with E-state index in [0.29, 0.717) is 16.9 Å². The van der Waals surface area contributed by atoms with Gasteiger partial charge in [-0.3, -0.25) is 9.59 Å². The number of aliphatic hydroxyl groups excluding tert-OH is 2. The van der Waals surface area contributed by atoms with Crippen molar-refractivity contribution < 1.29 is 24.9 Å². The van der Waals surface area contributed by atoms with Gasteiger partial charge in [0.25, 0.3) is 0 Å². The van der Waals surface area contributed by atoms with Crippen LogP contribution in [0.25, 0.3) is 0 Å². The van der Waals surface area contributed by atoms with E-state index in [1.165, 1.54) is 6.92 Å². The first kappa shape index (κ1) is 16.7. The molecule has 0 saturated carbocycles. The molecule has 0 heterocycles. The maximum atomic E-state index is 10.8. The van der Waals surface area contributed by atoms with Gasteiger partial charge < -0.3 is 15.3 Å². The molecule has 0 radical (unpaired) electrons. The van der Waals surface area contributed by atoms with E-state index in [1.807, 2.05) is 0 Å². The van der Waals surface area contributed by atoms with Crippen LogP contribution in [-0.4, -0.2) is 38.3 Å². The van der Waals surface area contributed by atoms with E-state index in [0.717, 1.165) is 11.8 Å². The summed E-state index contributed by atoms with van der Waals surface area (Å²) in [6.07, 6.45) is -2.13. The van der Waals surface area contributed by atoms with Gasteiger partial charge in [-0.2, -0.15) is 0 Å². The molecule has 0 fully saturated rings. The summed E-state index contributed by atoms with van der Waals surface area (Å²) >= 11 is 1.08. The fraction of sp³-hybridized carbons (Fsp3) is 0.429. The number of rotatable bonds is 7. The lowest BCUT2D eigenvalue weighted by atomic mass is 9.96. The van der Waals surface area contributed by atoms with Gasteiger partial charge in [0.05, 0.1) is 12.5 Å². The Labute approximate surface area is 121 Å². The van der Waals surface area contributed by atoms with Crippen molar-refractivity contribution in [3.63, 3.8) is 0 Å². The molecule has 20 heavy (non-hydrogen) atoms. The molecule has 0 amide bonds. The molecular formula is C14H18O5S. The molecule has 5 nitrogen and oxygen atoms in total. The van der Waals surface area contributed by atoms with Gasteiger partial charge in [0.15, 0.2) is 5.12 Å². The molecule has 0 saturated heterocycles. The van der Waals surface area contributed by atoms with Gasteiger partial charge in [-0.05, 0) is 17.5 Å². The van der Waals surface area contributed by atoms with Crippen molar-refractivity contribution in [2.24, 2.45) is 0 Å². The molecular weight excluding hydrogens is 280 g/mol. The van der Waals surface area contributed by atoms with E-state index >= 15 is 0 Å². The fourth-order valence-electron chi connectivity index (χ4n) is 1.84. The second-order valence-electron chi connectivity index (χ2n) is 4.41. The minimum Gasteiger partial charge on any atom is -0.481 e. The molecule has 1 aromatic rings. The highest BCUT2D eigenvalue weighted by molar-refractivity contribution is 8.13. The number of hydrogen-bond acceptors (Lipinski definition) is 5. The minimum absolute atomic E-state index is 0.0435. The smallest absolute Gasteiger partial charge is 0.307 e. The Morgan fingerprint density at radius 3 is 2.50 bits per heavy atom. The van der Waals surface area contributed by atoms with Gasteiger partial charge in [0.1, 0.15) is 6.10 Å². The fourth-order valence-corrected chi connectivity index (χ4v) is 2.48. The quantitative estimate of drug-likeness (QED) is 0.704. The van der Waals surface area contributed by atoms with Crippen molar-refractivity contribution in [2.45, 2.75) is 32.0 Å². The average Bonchev–Trinajstić information content (AvgIpc) is 2.37. The Balaban J connectivity index is 2.72. The van der Waals surface area contributed by atoms with Crippen molar-refractivity contribution in [3.05, 3.63) is 35.4 Å². The highest BCUT2D eigenvalue weighted by Crippen LogP contribution is 2.24. The lowest BCUT2D eigenvalue weighted by Gasteiger charge is -2.20. The maximum Gasteiger partial charge on any atom is 0.307 e. The van der Waals surface area contributed by atoms with Crippen molar-refractivity contribution in [1.29, 1.82) is 0 Å². The molecule has 2 atom stereocenters. The van der Waals surface area contributed by atoms with Crippen LogP contribution in [-0.2, 0) is 16.0 Å². The van der Waals surface area contributed by atoms with Crippen molar-refractivity contribution in [3.8, 4) is 0 Å².